The van der Waals surface area contributed by atoms with Gasteiger partial charge in [-0.1, -0.05) is 0 Å². The second kappa shape index (κ2) is 5.06. The Balaban J connectivity index is 4.27. The summed E-state index contributed by atoms with van der Waals surface area (Å²) in [6, 6.07) is -0.0702. The van der Waals surface area contributed by atoms with Gasteiger partial charge in [-0.2, -0.15) is 0 Å². The molecule has 6 heteroatoms. The summed E-state index contributed by atoms with van der Waals surface area (Å²) >= 11 is 0. The molecule has 0 aliphatic carbocycles. The van der Waals surface area contributed by atoms with Crippen LogP contribution in [0.1, 0.15) is 6.92 Å². The van der Waals surface area contributed by atoms with Crippen LogP contribution in [0, 0.1) is 0 Å². The second-order valence-corrected chi connectivity index (χ2v) is 5.90. The predicted molar refractivity (Wildman–Crippen MR) is 56.6 cm³/mol. The van der Waals surface area contributed by atoms with Crippen molar-refractivity contribution in [1.29, 1.82) is 0 Å². The summed E-state index contributed by atoms with van der Waals surface area (Å²) in [7, 11) is 1.94. The van der Waals surface area contributed by atoms with Gasteiger partial charge >= 0.3 is 0 Å². The average molecular weight is 224 g/mol. The van der Waals surface area contributed by atoms with E-state index in [0.717, 1.165) is 10.6 Å². The minimum absolute atomic E-state index is 0.0702. The molecule has 0 heterocycles. The van der Waals surface area contributed by atoms with E-state index in [0.29, 0.717) is 0 Å². The fourth-order valence-electron chi connectivity index (χ4n) is 0.896. The number of nitrogens with zero attached hydrogens (tertiary/aromatic N) is 2. The first-order chi connectivity index (χ1) is 6.16. The van der Waals surface area contributed by atoms with Crippen LogP contribution in [0.2, 0.25) is 0 Å². The van der Waals surface area contributed by atoms with Gasteiger partial charge in [-0.05, 0) is 21.0 Å². The molecule has 0 aliphatic rings. The second-order valence-electron chi connectivity index (χ2n) is 3.82. The van der Waals surface area contributed by atoms with Gasteiger partial charge < -0.3 is 10.0 Å². The molecule has 0 aromatic carbocycles. The van der Waals surface area contributed by atoms with Gasteiger partial charge in [0.15, 0.2) is 0 Å². The molecular formula is C8H20N2O3S. The molecule has 0 radical (unpaired) electrons. The largest absolute Gasteiger partial charge is 0.390 e. The molecule has 0 aromatic heterocycles. The van der Waals surface area contributed by atoms with Crippen LogP contribution in [0.15, 0.2) is 0 Å². The van der Waals surface area contributed by atoms with E-state index in [4.69, 9.17) is 0 Å². The molecule has 0 bridgehead atoms. The molecule has 0 aliphatic heterocycles. The third-order valence-electron chi connectivity index (χ3n) is 2.38. The summed E-state index contributed by atoms with van der Waals surface area (Å²) in [6.07, 6.45) is 0.449. The maximum absolute atomic E-state index is 11.1. The molecule has 0 spiro atoms. The number of hydrogen-bond acceptors (Lipinski definition) is 4. The zero-order valence-corrected chi connectivity index (χ0v) is 10.2. The number of sulfonamides is 1. The van der Waals surface area contributed by atoms with Crippen LogP contribution >= 0.6 is 0 Å². The highest BCUT2D eigenvalue weighted by atomic mass is 32.2. The van der Waals surface area contributed by atoms with E-state index in [1.807, 2.05) is 25.9 Å². The van der Waals surface area contributed by atoms with Crippen molar-refractivity contribution in [3.8, 4) is 0 Å². The van der Waals surface area contributed by atoms with Crippen LogP contribution in [0.3, 0.4) is 0 Å². The Morgan fingerprint density at radius 3 is 2.00 bits per heavy atom. The molecular weight excluding hydrogens is 204 g/mol. The first-order valence-corrected chi connectivity index (χ1v) is 6.27. The summed E-state index contributed by atoms with van der Waals surface area (Å²) in [5, 5.41) is 9.67. The van der Waals surface area contributed by atoms with Gasteiger partial charge in [-0.25, -0.2) is 12.7 Å². The van der Waals surface area contributed by atoms with Crippen LogP contribution in [-0.2, 0) is 10.0 Å². The number of aliphatic hydroxyl groups is 1. The third kappa shape index (κ3) is 4.36. The fraction of sp³-hybridized carbons (Fsp3) is 1.00. The van der Waals surface area contributed by atoms with Crippen molar-refractivity contribution in [2.24, 2.45) is 0 Å². The van der Waals surface area contributed by atoms with Crippen LogP contribution < -0.4 is 0 Å². The SMILES string of the molecule is CC(C(O)CN(C)S(C)(=O)=O)N(C)C. The lowest BCUT2D eigenvalue weighted by molar-refractivity contribution is 0.0733. The van der Waals surface area contributed by atoms with Crippen molar-refractivity contribution < 1.29 is 13.5 Å². The molecule has 0 saturated heterocycles. The van der Waals surface area contributed by atoms with Gasteiger partial charge in [0.05, 0.1) is 12.4 Å². The lowest BCUT2D eigenvalue weighted by Crippen LogP contribution is -2.44. The topological polar surface area (TPSA) is 60.9 Å². The molecule has 2 atom stereocenters. The number of likely N-dealkylation sites (N-methyl/N-ethyl adjacent to an activating group) is 2. The van der Waals surface area contributed by atoms with E-state index in [2.05, 4.69) is 0 Å². The monoisotopic (exact) mass is 224 g/mol. The summed E-state index contributed by atoms with van der Waals surface area (Å²) in [6.45, 7) is 1.97. The number of aliphatic hydroxyl groups excluding tert-OH is 1. The van der Waals surface area contributed by atoms with Crippen molar-refractivity contribution >= 4 is 10.0 Å². The number of rotatable bonds is 5. The Labute approximate surface area is 86.4 Å². The van der Waals surface area contributed by atoms with Crippen molar-refractivity contribution in [2.75, 3.05) is 33.9 Å². The number of hydrogen-bond donors (Lipinski definition) is 1. The first-order valence-electron chi connectivity index (χ1n) is 4.42. The fourth-order valence-corrected chi connectivity index (χ4v) is 1.32. The standard InChI is InChI=1S/C8H20N2O3S/c1-7(9(2)3)8(11)6-10(4)14(5,12)13/h7-8,11H,6H2,1-5H3. The Kier molecular flexibility index (Phi) is 5.00. The van der Waals surface area contributed by atoms with E-state index >= 15 is 0 Å². The summed E-state index contributed by atoms with van der Waals surface area (Å²) in [5.41, 5.74) is 0. The Bertz CT molecular complexity index is 264. The average Bonchev–Trinajstić information content (AvgIpc) is 2.00. The molecule has 0 aromatic rings. The summed E-state index contributed by atoms with van der Waals surface area (Å²) in [5.74, 6) is 0. The highest BCUT2D eigenvalue weighted by molar-refractivity contribution is 7.88. The molecule has 0 fully saturated rings. The van der Waals surface area contributed by atoms with Crippen LogP contribution in [0.5, 0.6) is 0 Å². The molecule has 14 heavy (non-hydrogen) atoms. The van der Waals surface area contributed by atoms with Gasteiger partial charge in [0, 0.05) is 19.6 Å². The molecule has 2 unspecified atom stereocenters. The minimum Gasteiger partial charge on any atom is -0.390 e. The quantitative estimate of drug-likeness (QED) is 0.663. The van der Waals surface area contributed by atoms with Crippen molar-refractivity contribution in [3.05, 3.63) is 0 Å². The Morgan fingerprint density at radius 1 is 1.29 bits per heavy atom. The van der Waals surface area contributed by atoms with Gasteiger partial charge in [0.25, 0.3) is 0 Å². The van der Waals surface area contributed by atoms with Crippen molar-refractivity contribution in [2.45, 2.75) is 19.1 Å². The zero-order valence-electron chi connectivity index (χ0n) is 9.43. The molecule has 0 saturated carbocycles. The smallest absolute Gasteiger partial charge is 0.211 e. The maximum atomic E-state index is 11.1. The summed E-state index contributed by atoms with van der Waals surface area (Å²) in [4.78, 5) is 1.85. The lowest BCUT2D eigenvalue weighted by Gasteiger charge is -2.27. The van der Waals surface area contributed by atoms with Gasteiger partial charge in [-0.3, -0.25) is 0 Å². The highest BCUT2D eigenvalue weighted by Crippen LogP contribution is 2.03. The van der Waals surface area contributed by atoms with Gasteiger partial charge in [-0.15, -0.1) is 0 Å². The van der Waals surface area contributed by atoms with Crippen LogP contribution in [0.4, 0.5) is 0 Å². The summed E-state index contributed by atoms with van der Waals surface area (Å²) < 4.78 is 23.3. The van der Waals surface area contributed by atoms with Crippen LogP contribution in [0.25, 0.3) is 0 Å². The molecule has 0 rings (SSSR count). The van der Waals surface area contributed by atoms with Gasteiger partial charge in [0.2, 0.25) is 10.0 Å². The Hall–Kier alpha value is -0.170. The first kappa shape index (κ1) is 13.8. The van der Waals surface area contributed by atoms with Crippen molar-refractivity contribution in [3.63, 3.8) is 0 Å². The van der Waals surface area contributed by atoms with E-state index < -0.39 is 16.1 Å². The lowest BCUT2D eigenvalue weighted by atomic mass is 10.2. The molecule has 1 N–H and O–H groups in total. The predicted octanol–water partition coefficient (Wildman–Crippen LogP) is -0.811. The highest BCUT2D eigenvalue weighted by Gasteiger charge is 2.21. The van der Waals surface area contributed by atoms with Gasteiger partial charge in [0.1, 0.15) is 0 Å². The maximum Gasteiger partial charge on any atom is 0.211 e. The molecule has 0 amide bonds. The minimum atomic E-state index is -3.20. The third-order valence-corrected chi connectivity index (χ3v) is 3.66. The van der Waals surface area contributed by atoms with Crippen molar-refractivity contribution in [1.82, 2.24) is 9.21 Å². The van der Waals surface area contributed by atoms with E-state index in [1.54, 1.807) is 0 Å². The van der Waals surface area contributed by atoms with E-state index in [1.165, 1.54) is 7.05 Å². The molecule has 5 nitrogen and oxygen atoms in total. The van der Waals surface area contributed by atoms with E-state index in [-0.39, 0.29) is 12.6 Å². The van der Waals surface area contributed by atoms with Crippen LogP contribution in [-0.4, -0.2) is 68.8 Å². The van der Waals surface area contributed by atoms with E-state index in [9.17, 15) is 13.5 Å². The Morgan fingerprint density at radius 2 is 1.71 bits per heavy atom. The zero-order chi connectivity index (χ0) is 11.5. The normalized spacial score (nSPS) is 17.4. The molecule has 86 valence electrons.